The maximum absolute atomic E-state index is 13.2. The van der Waals surface area contributed by atoms with Gasteiger partial charge >= 0.3 is 6.03 Å². The predicted molar refractivity (Wildman–Crippen MR) is 85.2 cm³/mol. The Hall–Kier alpha value is -1.99. The van der Waals surface area contributed by atoms with Gasteiger partial charge in [-0.25, -0.2) is 13.6 Å². The Morgan fingerprint density at radius 1 is 1.35 bits per heavy atom. The smallest absolute Gasteiger partial charge is 0.315 e. The van der Waals surface area contributed by atoms with E-state index < -0.39 is 29.3 Å². The average molecular weight is 340 g/mol. The van der Waals surface area contributed by atoms with Crippen molar-refractivity contribution in [1.82, 2.24) is 10.6 Å². The summed E-state index contributed by atoms with van der Waals surface area (Å²) in [5.41, 5.74) is -0.0113. The molecule has 2 amide bonds. The first-order valence-electron chi connectivity index (χ1n) is 7.04. The van der Waals surface area contributed by atoms with Crippen LogP contribution in [-0.2, 0) is 5.60 Å². The fourth-order valence-electron chi connectivity index (χ4n) is 2.04. The minimum Gasteiger partial charge on any atom is -0.384 e. The minimum atomic E-state index is -1.18. The van der Waals surface area contributed by atoms with Crippen LogP contribution in [0.5, 0.6) is 0 Å². The van der Waals surface area contributed by atoms with Crippen LogP contribution >= 0.6 is 11.3 Å². The van der Waals surface area contributed by atoms with Gasteiger partial charge < -0.3 is 15.7 Å². The van der Waals surface area contributed by atoms with Gasteiger partial charge in [-0.05, 0) is 53.9 Å². The molecule has 2 aromatic rings. The molecule has 0 fully saturated rings. The van der Waals surface area contributed by atoms with Crippen LogP contribution in [0.25, 0.3) is 0 Å². The third-order valence-corrected chi connectivity index (χ3v) is 4.21. The van der Waals surface area contributed by atoms with E-state index in [-0.39, 0.29) is 6.54 Å². The lowest BCUT2D eigenvalue weighted by molar-refractivity contribution is 0.0597. The Kier molecular flexibility index (Phi) is 5.33. The van der Waals surface area contributed by atoms with Gasteiger partial charge in [0.1, 0.15) is 5.60 Å². The van der Waals surface area contributed by atoms with E-state index in [1.807, 2.05) is 10.8 Å². The topological polar surface area (TPSA) is 61.4 Å². The Morgan fingerprint density at radius 2 is 2.09 bits per heavy atom. The first-order chi connectivity index (χ1) is 10.8. The maximum Gasteiger partial charge on any atom is 0.315 e. The van der Waals surface area contributed by atoms with E-state index in [0.29, 0.717) is 5.56 Å². The number of thiophene rings is 1. The van der Waals surface area contributed by atoms with Crippen LogP contribution < -0.4 is 10.6 Å². The lowest BCUT2D eigenvalue weighted by Crippen LogP contribution is -2.44. The first-order valence-corrected chi connectivity index (χ1v) is 7.98. The van der Waals surface area contributed by atoms with Crippen LogP contribution in [0.15, 0.2) is 35.0 Å². The molecule has 0 aliphatic heterocycles. The van der Waals surface area contributed by atoms with Gasteiger partial charge in [0.2, 0.25) is 0 Å². The molecule has 0 bridgehead atoms. The second-order valence-corrected chi connectivity index (χ2v) is 6.29. The molecular formula is C16H18F2N2O2S. The number of rotatable bonds is 5. The highest BCUT2D eigenvalue weighted by Gasteiger charge is 2.24. The third-order valence-electron chi connectivity index (χ3n) is 3.53. The molecule has 3 N–H and O–H groups in total. The van der Waals surface area contributed by atoms with Gasteiger partial charge in [-0.2, -0.15) is 11.3 Å². The zero-order valence-corrected chi connectivity index (χ0v) is 13.6. The number of halogens is 2. The summed E-state index contributed by atoms with van der Waals surface area (Å²) in [5.74, 6) is -1.89. The SMILES string of the molecule is CC(NC(=O)NCC(C)(O)c1ccsc1)c1ccc(F)c(F)c1. The van der Waals surface area contributed by atoms with Crippen molar-refractivity contribution in [2.75, 3.05) is 6.54 Å². The number of carbonyl (C=O) groups is 1. The molecule has 0 aliphatic rings. The number of hydrogen-bond acceptors (Lipinski definition) is 3. The van der Waals surface area contributed by atoms with Gasteiger partial charge in [-0.15, -0.1) is 0 Å². The number of hydrogen-bond donors (Lipinski definition) is 3. The van der Waals surface area contributed by atoms with Crippen LogP contribution in [0.1, 0.15) is 31.0 Å². The van der Waals surface area contributed by atoms with E-state index in [1.54, 1.807) is 19.9 Å². The second-order valence-electron chi connectivity index (χ2n) is 5.51. The van der Waals surface area contributed by atoms with Gasteiger partial charge in [0.05, 0.1) is 12.6 Å². The molecule has 2 atom stereocenters. The van der Waals surface area contributed by atoms with Crippen LogP contribution in [0.4, 0.5) is 13.6 Å². The zero-order chi connectivity index (χ0) is 17.0. The standard InChI is InChI=1S/C16H18F2N2O2S/c1-10(11-3-4-13(17)14(18)7-11)20-15(21)19-9-16(2,22)12-5-6-23-8-12/h3-8,10,22H,9H2,1-2H3,(H2,19,20,21). The summed E-state index contributed by atoms with van der Waals surface area (Å²) in [6.07, 6.45) is 0. The number of benzene rings is 1. The molecule has 1 heterocycles. The molecule has 2 rings (SSSR count). The molecule has 2 unspecified atom stereocenters. The quantitative estimate of drug-likeness (QED) is 0.782. The highest BCUT2D eigenvalue weighted by atomic mass is 32.1. The summed E-state index contributed by atoms with van der Waals surface area (Å²) in [6.45, 7) is 3.29. The Balaban J connectivity index is 1.90. The monoisotopic (exact) mass is 340 g/mol. The van der Waals surface area contributed by atoms with Gasteiger partial charge in [0.25, 0.3) is 0 Å². The molecule has 124 valence electrons. The van der Waals surface area contributed by atoms with Gasteiger partial charge in [0.15, 0.2) is 11.6 Å². The highest BCUT2D eigenvalue weighted by Crippen LogP contribution is 2.22. The average Bonchev–Trinajstić information content (AvgIpc) is 3.03. The largest absolute Gasteiger partial charge is 0.384 e. The van der Waals surface area contributed by atoms with E-state index >= 15 is 0 Å². The molecular weight excluding hydrogens is 322 g/mol. The van der Waals surface area contributed by atoms with E-state index in [1.165, 1.54) is 17.4 Å². The summed E-state index contributed by atoms with van der Waals surface area (Å²) in [7, 11) is 0. The fraction of sp³-hybridized carbons (Fsp3) is 0.312. The van der Waals surface area contributed by atoms with E-state index in [2.05, 4.69) is 10.6 Å². The minimum absolute atomic E-state index is 0.0278. The summed E-state index contributed by atoms with van der Waals surface area (Å²) in [5, 5.41) is 19.2. The molecule has 4 nitrogen and oxygen atoms in total. The van der Waals surface area contributed by atoms with Gasteiger partial charge in [-0.3, -0.25) is 0 Å². The van der Waals surface area contributed by atoms with Gasteiger partial charge in [0, 0.05) is 0 Å². The number of urea groups is 1. The molecule has 0 spiro atoms. The molecule has 23 heavy (non-hydrogen) atoms. The summed E-state index contributed by atoms with van der Waals surface area (Å²) < 4.78 is 26.1. The number of aliphatic hydroxyl groups is 1. The molecule has 0 saturated heterocycles. The van der Waals surface area contributed by atoms with Gasteiger partial charge in [-0.1, -0.05) is 6.07 Å². The van der Waals surface area contributed by atoms with Crippen LogP contribution in [0.3, 0.4) is 0 Å². The fourth-order valence-corrected chi connectivity index (χ4v) is 2.82. The molecule has 0 radical (unpaired) electrons. The third kappa shape index (κ3) is 4.49. The van der Waals surface area contributed by atoms with Crippen molar-refractivity contribution in [3.05, 3.63) is 57.8 Å². The summed E-state index contributed by atoms with van der Waals surface area (Å²) in [6, 6.07) is 4.25. The first kappa shape index (κ1) is 17.4. The van der Waals surface area contributed by atoms with Crippen molar-refractivity contribution in [3.8, 4) is 0 Å². The summed E-state index contributed by atoms with van der Waals surface area (Å²) >= 11 is 1.46. The van der Waals surface area contributed by atoms with Crippen molar-refractivity contribution in [3.63, 3.8) is 0 Å². The lowest BCUT2D eigenvalue weighted by atomic mass is 9.99. The zero-order valence-electron chi connectivity index (χ0n) is 12.8. The maximum atomic E-state index is 13.2. The van der Waals surface area contributed by atoms with E-state index in [9.17, 15) is 18.7 Å². The molecule has 1 aromatic heterocycles. The second kappa shape index (κ2) is 7.06. The Labute approximate surface area is 137 Å². The van der Waals surface area contributed by atoms with Crippen LogP contribution in [0.2, 0.25) is 0 Å². The Morgan fingerprint density at radius 3 is 2.70 bits per heavy atom. The molecule has 7 heteroatoms. The lowest BCUT2D eigenvalue weighted by Gasteiger charge is -2.23. The van der Waals surface area contributed by atoms with Crippen molar-refractivity contribution >= 4 is 17.4 Å². The predicted octanol–water partition coefficient (Wildman–Crippen LogP) is 3.29. The summed E-state index contributed by atoms with van der Waals surface area (Å²) in [4.78, 5) is 11.9. The van der Waals surface area contributed by atoms with E-state index in [0.717, 1.165) is 17.7 Å². The van der Waals surface area contributed by atoms with Crippen LogP contribution in [-0.4, -0.2) is 17.7 Å². The highest BCUT2D eigenvalue weighted by molar-refractivity contribution is 7.08. The normalized spacial score (nSPS) is 14.8. The number of amides is 2. The van der Waals surface area contributed by atoms with Crippen molar-refractivity contribution in [1.29, 1.82) is 0 Å². The van der Waals surface area contributed by atoms with Crippen molar-refractivity contribution in [2.24, 2.45) is 0 Å². The Bertz CT molecular complexity index is 675. The molecule has 0 aliphatic carbocycles. The molecule has 0 saturated carbocycles. The number of nitrogens with one attached hydrogen (secondary N) is 2. The molecule has 1 aromatic carbocycles. The van der Waals surface area contributed by atoms with Crippen molar-refractivity contribution in [2.45, 2.75) is 25.5 Å². The van der Waals surface area contributed by atoms with E-state index in [4.69, 9.17) is 0 Å². The van der Waals surface area contributed by atoms with Crippen LogP contribution in [0, 0.1) is 11.6 Å². The number of carbonyl (C=O) groups excluding carboxylic acids is 1. The van der Waals surface area contributed by atoms with Crippen molar-refractivity contribution < 1.29 is 18.7 Å².